The lowest BCUT2D eigenvalue weighted by Crippen LogP contribution is -2.30. The second kappa shape index (κ2) is 7.95. The van der Waals surface area contributed by atoms with Gasteiger partial charge in [0.15, 0.2) is 12.1 Å². The summed E-state index contributed by atoms with van der Waals surface area (Å²) in [7, 11) is 0. The number of nitrogens with zero attached hydrogens (tertiary/aromatic N) is 3. The molecule has 0 spiro atoms. The molecule has 0 radical (unpaired) electrons. The molecule has 0 amide bonds. The fourth-order valence-electron chi connectivity index (χ4n) is 3.59. The normalized spacial score (nSPS) is 17.9. The molecule has 0 saturated heterocycles. The number of hydrogen-bond donors (Lipinski definition) is 2. The van der Waals surface area contributed by atoms with Crippen molar-refractivity contribution >= 4 is 6.21 Å². The fraction of sp³-hybridized carbons (Fsp3) is 0.125. The molecule has 7 nitrogen and oxygen atoms in total. The average molecular weight is 413 g/mol. The van der Waals surface area contributed by atoms with Gasteiger partial charge in [-0.3, -0.25) is 0 Å². The van der Waals surface area contributed by atoms with Gasteiger partial charge in [0, 0.05) is 11.8 Å². The van der Waals surface area contributed by atoms with Crippen LogP contribution in [0.4, 0.5) is 0 Å². The van der Waals surface area contributed by atoms with Crippen molar-refractivity contribution in [2.75, 3.05) is 0 Å². The van der Waals surface area contributed by atoms with Gasteiger partial charge in [-0.15, -0.1) is 0 Å². The van der Waals surface area contributed by atoms with Crippen LogP contribution in [0, 0.1) is 0 Å². The van der Waals surface area contributed by atoms with E-state index in [1.54, 1.807) is 48.7 Å². The summed E-state index contributed by atoms with van der Waals surface area (Å²) in [5.41, 5.74) is 2.08. The Kier molecular flexibility index (Phi) is 4.84. The maximum atomic E-state index is 10.1. The lowest BCUT2D eigenvalue weighted by atomic mass is 9.93. The minimum Gasteiger partial charge on any atom is -0.507 e. The van der Waals surface area contributed by atoms with Crippen molar-refractivity contribution in [3.8, 4) is 28.7 Å². The second-order valence-electron chi connectivity index (χ2n) is 7.24. The van der Waals surface area contributed by atoms with Gasteiger partial charge < -0.3 is 19.5 Å². The predicted molar refractivity (Wildman–Crippen MR) is 114 cm³/mol. The van der Waals surface area contributed by atoms with E-state index in [4.69, 9.17) is 9.26 Å². The van der Waals surface area contributed by atoms with Crippen molar-refractivity contribution in [1.82, 2.24) is 10.1 Å². The molecule has 0 fully saturated rings. The Bertz CT molecular complexity index is 1250. The van der Waals surface area contributed by atoms with Crippen molar-refractivity contribution in [3.05, 3.63) is 89.7 Å². The van der Waals surface area contributed by atoms with Crippen molar-refractivity contribution in [2.45, 2.75) is 18.6 Å². The molecule has 0 aliphatic carbocycles. The molecule has 2 N–H and O–H groups in total. The first-order valence-electron chi connectivity index (χ1n) is 9.87. The maximum Gasteiger partial charge on any atom is 0.261 e. The summed E-state index contributed by atoms with van der Waals surface area (Å²) < 4.78 is 11.6. The summed E-state index contributed by atoms with van der Waals surface area (Å²) in [5.74, 6) is 1.32. The molecule has 2 atom stereocenters. The maximum absolute atomic E-state index is 10.1. The highest BCUT2D eigenvalue weighted by Gasteiger charge is 2.34. The number of phenols is 2. The molecule has 154 valence electrons. The van der Waals surface area contributed by atoms with Crippen molar-refractivity contribution in [2.24, 2.45) is 4.99 Å². The van der Waals surface area contributed by atoms with Crippen molar-refractivity contribution in [1.29, 1.82) is 0 Å². The topological polar surface area (TPSA) is 101 Å². The van der Waals surface area contributed by atoms with E-state index in [-0.39, 0.29) is 23.3 Å². The molecule has 4 aromatic rings. The van der Waals surface area contributed by atoms with Crippen LogP contribution in [0.1, 0.15) is 22.9 Å². The highest BCUT2D eigenvalue weighted by atomic mass is 16.5. The van der Waals surface area contributed by atoms with Crippen LogP contribution in [0.3, 0.4) is 0 Å². The lowest BCUT2D eigenvalue weighted by Gasteiger charge is -2.29. The van der Waals surface area contributed by atoms with Crippen LogP contribution < -0.4 is 4.74 Å². The van der Waals surface area contributed by atoms with E-state index < -0.39 is 6.23 Å². The summed E-state index contributed by atoms with van der Waals surface area (Å²) >= 11 is 0. The van der Waals surface area contributed by atoms with Crippen LogP contribution in [0.25, 0.3) is 11.5 Å². The zero-order chi connectivity index (χ0) is 21.2. The average Bonchev–Trinajstić information content (AvgIpc) is 3.28. The van der Waals surface area contributed by atoms with Gasteiger partial charge in [-0.2, -0.15) is 4.98 Å². The standard InChI is InChI=1S/C24H19N3O4/c28-19-10-4-1-8-16(19)14-25-23-18(13-15-7-2-6-12-21(15)30-23)22-26-24(31-27-22)17-9-3-5-11-20(17)29/h1-12,14,18,23,28-29H,13H2/b25-14+. The largest absolute Gasteiger partial charge is 0.507 e. The molecule has 31 heavy (non-hydrogen) atoms. The molecule has 1 aliphatic rings. The quantitative estimate of drug-likeness (QED) is 0.484. The molecule has 2 unspecified atom stereocenters. The van der Waals surface area contributed by atoms with Crippen molar-refractivity contribution in [3.63, 3.8) is 0 Å². The van der Waals surface area contributed by atoms with Gasteiger partial charge in [0.1, 0.15) is 17.2 Å². The predicted octanol–water partition coefficient (Wildman–Crippen LogP) is 4.31. The number of para-hydroxylation sites is 3. The van der Waals surface area contributed by atoms with Gasteiger partial charge in [0.2, 0.25) is 0 Å². The Hall–Kier alpha value is -4.13. The van der Waals surface area contributed by atoms with E-state index >= 15 is 0 Å². The Balaban J connectivity index is 1.50. The Morgan fingerprint density at radius 2 is 1.65 bits per heavy atom. The van der Waals surface area contributed by atoms with E-state index in [2.05, 4.69) is 15.1 Å². The molecule has 7 heteroatoms. The van der Waals surface area contributed by atoms with Gasteiger partial charge in [0.25, 0.3) is 5.89 Å². The van der Waals surface area contributed by atoms with Gasteiger partial charge >= 0.3 is 0 Å². The van der Waals surface area contributed by atoms with E-state index in [1.807, 2.05) is 30.3 Å². The van der Waals surface area contributed by atoms with Gasteiger partial charge in [-0.25, -0.2) is 4.99 Å². The van der Waals surface area contributed by atoms with Crippen LogP contribution in [0.2, 0.25) is 0 Å². The van der Waals surface area contributed by atoms with Crippen LogP contribution in [-0.4, -0.2) is 32.8 Å². The highest BCUT2D eigenvalue weighted by Crippen LogP contribution is 2.37. The summed E-state index contributed by atoms with van der Waals surface area (Å²) in [5, 5.41) is 24.3. The first-order valence-corrected chi connectivity index (χ1v) is 9.87. The number of rotatable bonds is 4. The minimum absolute atomic E-state index is 0.0667. The zero-order valence-electron chi connectivity index (χ0n) is 16.4. The van der Waals surface area contributed by atoms with Crippen LogP contribution in [0.15, 0.2) is 82.3 Å². The molecule has 5 rings (SSSR count). The van der Waals surface area contributed by atoms with E-state index in [1.165, 1.54) is 0 Å². The second-order valence-corrected chi connectivity index (χ2v) is 7.24. The summed E-state index contributed by atoms with van der Waals surface area (Å²) in [6.07, 6.45) is 1.59. The first-order chi connectivity index (χ1) is 15.2. The molecule has 3 aromatic carbocycles. The lowest BCUT2D eigenvalue weighted by molar-refractivity contribution is 0.153. The summed E-state index contributed by atoms with van der Waals surface area (Å²) in [4.78, 5) is 9.11. The number of aromatic hydroxyl groups is 2. The highest BCUT2D eigenvalue weighted by molar-refractivity contribution is 5.83. The number of fused-ring (bicyclic) bond motifs is 1. The van der Waals surface area contributed by atoms with E-state index in [0.717, 1.165) is 11.3 Å². The van der Waals surface area contributed by atoms with Crippen LogP contribution in [0.5, 0.6) is 17.2 Å². The van der Waals surface area contributed by atoms with Crippen LogP contribution in [-0.2, 0) is 6.42 Å². The SMILES string of the molecule is Oc1ccccc1/C=N/C1Oc2ccccc2CC1c1noc(-c2ccccc2O)n1. The molecular weight excluding hydrogens is 394 g/mol. The molecular formula is C24H19N3O4. The third-order valence-corrected chi connectivity index (χ3v) is 5.21. The summed E-state index contributed by atoms with van der Waals surface area (Å²) in [6.45, 7) is 0. The number of aliphatic imine (C=N–C) groups is 1. The molecule has 1 aromatic heterocycles. The first kappa shape index (κ1) is 18.9. The number of ether oxygens (including phenoxy) is 1. The molecule has 2 heterocycles. The van der Waals surface area contributed by atoms with E-state index in [0.29, 0.717) is 23.4 Å². The third kappa shape index (κ3) is 3.73. The number of hydrogen-bond acceptors (Lipinski definition) is 7. The third-order valence-electron chi connectivity index (χ3n) is 5.21. The number of benzene rings is 3. The van der Waals surface area contributed by atoms with Crippen molar-refractivity contribution < 1.29 is 19.5 Å². The van der Waals surface area contributed by atoms with Gasteiger partial charge in [-0.1, -0.05) is 47.6 Å². The van der Waals surface area contributed by atoms with Gasteiger partial charge in [0.05, 0.1) is 11.5 Å². The zero-order valence-corrected chi connectivity index (χ0v) is 16.4. The molecule has 0 saturated carbocycles. The monoisotopic (exact) mass is 413 g/mol. The number of aromatic nitrogens is 2. The smallest absolute Gasteiger partial charge is 0.261 e. The minimum atomic E-state index is -0.607. The molecule has 0 bridgehead atoms. The Morgan fingerprint density at radius 1 is 0.903 bits per heavy atom. The van der Waals surface area contributed by atoms with E-state index in [9.17, 15) is 10.2 Å². The number of phenolic OH excluding ortho intramolecular Hbond substituents is 2. The Morgan fingerprint density at radius 3 is 2.48 bits per heavy atom. The molecule has 1 aliphatic heterocycles. The fourth-order valence-corrected chi connectivity index (χ4v) is 3.59. The van der Waals surface area contributed by atoms with Crippen LogP contribution >= 0.6 is 0 Å². The summed E-state index contributed by atoms with van der Waals surface area (Å²) in [6, 6.07) is 21.5. The van der Waals surface area contributed by atoms with Gasteiger partial charge in [-0.05, 0) is 42.3 Å². The Labute approximate surface area is 178 Å².